The van der Waals surface area contributed by atoms with Gasteiger partial charge in [0.25, 0.3) is 5.91 Å². The Kier molecular flexibility index (Phi) is 9.12. The molecule has 0 radical (unpaired) electrons. The molecule has 2 aliphatic carbocycles. The Morgan fingerprint density at radius 3 is 2.48 bits per heavy atom. The average molecular weight is 620 g/mol. The number of imide groups is 1. The summed E-state index contributed by atoms with van der Waals surface area (Å²) in [6.45, 7) is 5.06. The Morgan fingerprint density at radius 2 is 1.70 bits per heavy atom. The number of carbonyl (C=O) groups excluding carboxylic acids is 2. The van der Waals surface area contributed by atoms with Crippen LogP contribution in [0.1, 0.15) is 104 Å². The van der Waals surface area contributed by atoms with Crippen molar-refractivity contribution in [2.45, 2.75) is 83.0 Å². The summed E-state index contributed by atoms with van der Waals surface area (Å²) in [7, 11) is 0. The number of aryl methyl sites for hydroxylation is 1. The third-order valence-electron chi connectivity index (χ3n) is 10.7. The molecule has 3 heterocycles. The molecule has 0 bridgehead atoms. The van der Waals surface area contributed by atoms with Crippen molar-refractivity contribution in [2.24, 2.45) is 5.92 Å². The molecule has 8 nitrogen and oxygen atoms in total. The number of hydrogen-bond acceptors (Lipinski definition) is 6. The third kappa shape index (κ3) is 6.43. The van der Waals surface area contributed by atoms with Crippen LogP contribution < -0.4 is 10.2 Å². The van der Waals surface area contributed by atoms with E-state index in [4.69, 9.17) is 4.42 Å². The molecule has 3 fully saturated rings. The van der Waals surface area contributed by atoms with E-state index >= 15 is 0 Å². The van der Waals surface area contributed by atoms with E-state index in [0.29, 0.717) is 11.3 Å². The topological polar surface area (TPSA) is 105 Å². The lowest BCUT2D eigenvalue weighted by Crippen LogP contribution is -2.46. The van der Waals surface area contributed by atoms with E-state index in [1.807, 2.05) is 24.3 Å². The SMILES string of the molecule is N#Cc1ccc2[nH]cc(CCCCN3CCN(c4ccc5oc(C(=O)NC(=O)C6CCCC6)c(C6CCCCC6)c5c4)CC3)c2c1. The molecule has 240 valence electrons. The largest absolute Gasteiger partial charge is 0.451 e. The first-order chi connectivity index (χ1) is 22.6. The number of aromatic amines is 1. The van der Waals surface area contributed by atoms with Gasteiger partial charge in [-0.05, 0) is 99.4 Å². The number of aromatic nitrogens is 1. The molecule has 1 aliphatic heterocycles. The number of unbranched alkanes of at least 4 members (excludes halogenated alkanes) is 1. The lowest BCUT2D eigenvalue weighted by Gasteiger charge is -2.36. The second-order valence-electron chi connectivity index (χ2n) is 13.6. The van der Waals surface area contributed by atoms with Crippen molar-refractivity contribution in [3.05, 3.63) is 65.0 Å². The number of hydrogen-bond donors (Lipinski definition) is 2. The second-order valence-corrected chi connectivity index (χ2v) is 13.6. The van der Waals surface area contributed by atoms with Crippen LogP contribution in [0.2, 0.25) is 0 Å². The fraction of sp³-hybridized carbons (Fsp3) is 0.500. The number of rotatable bonds is 9. The molecule has 2 saturated carbocycles. The number of furan rings is 1. The summed E-state index contributed by atoms with van der Waals surface area (Å²) in [6.07, 6.45) is 14.8. The highest BCUT2D eigenvalue weighted by atomic mass is 16.3. The van der Waals surface area contributed by atoms with Gasteiger partial charge in [0.15, 0.2) is 5.76 Å². The van der Waals surface area contributed by atoms with Crippen LogP contribution in [0, 0.1) is 17.2 Å². The van der Waals surface area contributed by atoms with Gasteiger partial charge in [0, 0.05) is 65.8 Å². The molecule has 2 N–H and O–H groups in total. The van der Waals surface area contributed by atoms with Crippen LogP contribution in [-0.4, -0.2) is 54.4 Å². The lowest BCUT2D eigenvalue weighted by atomic mass is 9.82. The second kappa shape index (κ2) is 13.7. The lowest BCUT2D eigenvalue weighted by molar-refractivity contribution is -0.123. The van der Waals surface area contributed by atoms with Crippen molar-refractivity contribution >= 4 is 39.4 Å². The van der Waals surface area contributed by atoms with E-state index in [0.717, 1.165) is 125 Å². The van der Waals surface area contributed by atoms with Crippen LogP contribution in [0.15, 0.2) is 47.0 Å². The molecule has 7 rings (SSSR count). The summed E-state index contributed by atoms with van der Waals surface area (Å²) in [6, 6.07) is 14.5. The van der Waals surface area contributed by atoms with E-state index in [1.165, 1.54) is 23.1 Å². The Labute approximate surface area is 271 Å². The molecule has 3 aliphatic rings. The maximum atomic E-state index is 13.5. The quantitative estimate of drug-likeness (QED) is 0.149. The molecule has 2 amide bonds. The number of piperazine rings is 1. The van der Waals surface area contributed by atoms with Crippen LogP contribution >= 0.6 is 0 Å². The van der Waals surface area contributed by atoms with Gasteiger partial charge in [-0.1, -0.05) is 32.1 Å². The highest BCUT2D eigenvalue weighted by molar-refractivity contribution is 6.07. The highest BCUT2D eigenvalue weighted by Crippen LogP contribution is 2.41. The van der Waals surface area contributed by atoms with Gasteiger partial charge in [-0.25, -0.2) is 0 Å². The summed E-state index contributed by atoms with van der Waals surface area (Å²) >= 11 is 0. The van der Waals surface area contributed by atoms with E-state index < -0.39 is 0 Å². The predicted molar refractivity (Wildman–Crippen MR) is 181 cm³/mol. The standard InChI is InChI=1S/C38H45N5O3/c39-24-26-13-15-33-31(22-26)29(25-40-33)12-6-7-17-42-18-20-43(21-19-42)30-14-16-34-32(23-30)35(27-8-2-1-3-9-27)36(46-34)38(45)41-37(44)28-10-4-5-11-28/h13-16,22-23,25,27-28,40H,1-12,17-21H2,(H,41,44,45). The van der Waals surface area contributed by atoms with Gasteiger partial charge in [-0.3, -0.25) is 19.8 Å². The van der Waals surface area contributed by atoms with Crippen molar-refractivity contribution in [3.63, 3.8) is 0 Å². The fourth-order valence-corrected chi connectivity index (χ4v) is 8.06. The van der Waals surface area contributed by atoms with Gasteiger partial charge in [0.05, 0.1) is 11.6 Å². The molecular weight excluding hydrogens is 574 g/mol. The molecule has 8 heteroatoms. The van der Waals surface area contributed by atoms with E-state index in [9.17, 15) is 14.9 Å². The number of nitrogens with zero attached hydrogens (tertiary/aromatic N) is 3. The summed E-state index contributed by atoms with van der Waals surface area (Å²) in [5.74, 6) is 0.0362. The molecule has 2 aromatic heterocycles. The third-order valence-corrected chi connectivity index (χ3v) is 10.7. The van der Waals surface area contributed by atoms with E-state index in [1.54, 1.807) is 0 Å². The van der Waals surface area contributed by atoms with Crippen molar-refractivity contribution < 1.29 is 14.0 Å². The molecule has 2 aromatic carbocycles. The smallest absolute Gasteiger partial charge is 0.293 e. The first-order valence-corrected chi connectivity index (χ1v) is 17.5. The molecule has 46 heavy (non-hydrogen) atoms. The van der Waals surface area contributed by atoms with Crippen LogP contribution in [0.25, 0.3) is 21.9 Å². The van der Waals surface area contributed by atoms with Crippen molar-refractivity contribution in [1.29, 1.82) is 5.26 Å². The molecule has 1 saturated heterocycles. The minimum absolute atomic E-state index is 0.0603. The highest BCUT2D eigenvalue weighted by Gasteiger charge is 2.31. The number of anilines is 1. The Bertz CT molecular complexity index is 1740. The Balaban J connectivity index is 0.985. The van der Waals surface area contributed by atoms with Gasteiger partial charge < -0.3 is 14.3 Å². The maximum absolute atomic E-state index is 13.5. The Hall–Kier alpha value is -4.09. The fourth-order valence-electron chi connectivity index (χ4n) is 8.06. The zero-order valence-electron chi connectivity index (χ0n) is 26.8. The minimum Gasteiger partial charge on any atom is -0.451 e. The van der Waals surface area contributed by atoms with Gasteiger partial charge >= 0.3 is 0 Å². The van der Waals surface area contributed by atoms with Crippen molar-refractivity contribution in [3.8, 4) is 6.07 Å². The summed E-state index contributed by atoms with van der Waals surface area (Å²) in [5, 5.41) is 14.2. The van der Waals surface area contributed by atoms with Crippen LogP contribution in [0.4, 0.5) is 5.69 Å². The molecule has 0 unspecified atom stereocenters. The van der Waals surface area contributed by atoms with Crippen LogP contribution in [-0.2, 0) is 11.2 Å². The van der Waals surface area contributed by atoms with Gasteiger partial charge in [0.2, 0.25) is 5.91 Å². The number of H-pyrrole nitrogens is 1. The zero-order valence-corrected chi connectivity index (χ0v) is 26.8. The predicted octanol–water partition coefficient (Wildman–Crippen LogP) is 7.42. The number of fused-ring (bicyclic) bond motifs is 2. The first kappa shape index (κ1) is 30.6. The zero-order chi connectivity index (χ0) is 31.5. The molecule has 0 spiro atoms. The van der Waals surface area contributed by atoms with E-state index in [-0.39, 0.29) is 23.7 Å². The number of amides is 2. The van der Waals surface area contributed by atoms with E-state index in [2.05, 4.69) is 44.5 Å². The van der Waals surface area contributed by atoms with Gasteiger partial charge in [-0.15, -0.1) is 0 Å². The summed E-state index contributed by atoms with van der Waals surface area (Å²) in [4.78, 5) is 34.7. The number of nitrogens with one attached hydrogen (secondary N) is 2. The Morgan fingerprint density at radius 1 is 0.913 bits per heavy atom. The van der Waals surface area contributed by atoms with Gasteiger partial charge in [0.1, 0.15) is 5.58 Å². The molecule has 0 atom stereocenters. The monoisotopic (exact) mass is 619 g/mol. The average Bonchev–Trinajstić information content (AvgIpc) is 3.86. The minimum atomic E-state index is -0.375. The van der Waals surface area contributed by atoms with Crippen LogP contribution in [0.5, 0.6) is 0 Å². The van der Waals surface area contributed by atoms with Crippen molar-refractivity contribution in [1.82, 2.24) is 15.2 Å². The molecular formula is C38H45N5O3. The maximum Gasteiger partial charge on any atom is 0.293 e. The first-order valence-electron chi connectivity index (χ1n) is 17.5. The van der Waals surface area contributed by atoms with Crippen molar-refractivity contribution in [2.75, 3.05) is 37.6 Å². The number of nitriles is 1. The number of carbonyl (C=O) groups is 2. The molecule has 4 aromatic rings. The normalized spacial score (nSPS) is 18.4. The van der Waals surface area contributed by atoms with Crippen LogP contribution in [0.3, 0.4) is 0 Å². The van der Waals surface area contributed by atoms with Gasteiger partial charge in [-0.2, -0.15) is 5.26 Å². The summed E-state index contributed by atoms with van der Waals surface area (Å²) in [5.41, 5.74) is 6.01. The number of benzene rings is 2. The summed E-state index contributed by atoms with van der Waals surface area (Å²) < 4.78 is 6.25.